The minimum atomic E-state index is -0.147. The molecule has 1 aliphatic rings. The normalized spacial score (nSPS) is 12.6. The van der Waals surface area contributed by atoms with E-state index in [0.29, 0.717) is 23.7 Å². The summed E-state index contributed by atoms with van der Waals surface area (Å²) in [5.74, 6) is 1.06. The van der Waals surface area contributed by atoms with Crippen molar-refractivity contribution in [1.82, 2.24) is 0 Å². The number of carbonyl (C=O) groups excluding carboxylic acids is 1. The van der Waals surface area contributed by atoms with Crippen LogP contribution in [0, 0.1) is 0 Å². The molecular weight excluding hydrogens is 290 g/mol. The largest absolute Gasteiger partial charge is 0.493 e. The molecule has 0 spiro atoms. The van der Waals surface area contributed by atoms with Crippen molar-refractivity contribution in [2.75, 3.05) is 19.0 Å². The van der Waals surface area contributed by atoms with Crippen LogP contribution < -0.4 is 14.8 Å². The number of aryl methyl sites for hydroxylation is 2. The van der Waals surface area contributed by atoms with Crippen molar-refractivity contribution >= 4 is 11.6 Å². The Morgan fingerprint density at radius 3 is 2.70 bits per heavy atom. The van der Waals surface area contributed by atoms with Gasteiger partial charge in [0.15, 0.2) is 11.5 Å². The summed E-state index contributed by atoms with van der Waals surface area (Å²) >= 11 is 0. The second kappa shape index (κ2) is 6.73. The number of hydrogen-bond donors (Lipinski definition) is 1. The molecule has 0 heterocycles. The first-order valence-corrected chi connectivity index (χ1v) is 7.95. The maximum absolute atomic E-state index is 12.5. The Bertz CT molecular complexity index is 725. The van der Waals surface area contributed by atoms with Crippen LogP contribution in [-0.4, -0.2) is 19.6 Å². The predicted molar refractivity (Wildman–Crippen MR) is 90.6 cm³/mol. The first-order chi connectivity index (χ1) is 11.2. The Balaban J connectivity index is 1.79. The highest BCUT2D eigenvalue weighted by Gasteiger charge is 2.14. The summed E-state index contributed by atoms with van der Waals surface area (Å²) in [6.45, 7) is 2.42. The number of ether oxygens (including phenoxy) is 2. The smallest absolute Gasteiger partial charge is 0.255 e. The molecule has 4 nitrogen and oxygen atoms in total. The number of carbonyl (C=O) groups is 1. The van der Waals surface area contributed by atoms with Gasteiger partial charge in [0, 0.05) is 11.3 Å². The van der Waals surface area contributed by atoms with E-state index in [9.17, 15) is 4.79 Å². The number of nitrogens with one attached hydrogen (secondary N) is 1. The average Bonchev–Trinajstić information content (AvgIpc) is 3.02. The van der Waals surface area contributed by atoms with Crippen LogP contribution in [0.1, 0.15) is 34.8 Å². The first-order valence-electron chi connectivity index (χ1n) is 7.95. The molecule has 0 saturated carbocycles. The van der Waals surface area contributed by atoms with Crippen LogP contribution in [0.4, 0.5) is 5.69 Å². The van der Waals surface area contributed by atoms with Gasteiger partial charge < -0.3 is 14.8 Å². The standard InChI is InChI=1S/C19H21NO3/c1-3-23-18-12-15(8-10-17(18)22-2)19(21)20-16-9-7-13-5-4-6-14(13)11-16/h7-12H,3-6H2,1-2H3,(H,20,21). The van der Waals surface area contributed by atoms with Gasteiger partial charge in [0.2, 0.25) is 0 Å². The summed E-state index contributed by atoms with van der Waals surface area (Å²) in [6, 6.07) is 11.4. The van der Waals surface area contributed by atoms with Crippen LogP contribution in [-0.2, 0) is 12.8 Å². The van der Waals surface area contributed by atoms with Crippen LogP contribution in [0.2, 0.25) is 0 Å². The second-order valence-electron chi connectivity index (χ2n) is 5.59. The maximum Gasteiger partial charge on any atom is 0.255 e. The van der Waals surface area contributed by atoms with Crippen LogP contribution in [0.5, 0.6) is 11.5 Å². The topological polar surface area (TPSA) is 47.6 Å². The van der Waals surface area contributed by atoms with Crippen molar-refractivity contribution in [2.24, 2.45) is 0 Å². The number of methoxy groups -OCH3 is 1. The number of anilines is 1. The van der Waals surface area contributed by atoms with Crippen LogP contribution >= 0.6 is 0 Å². The number of benzene rings is 2. The minimum Gasteiger partial charge on any atom is -0.493 e. The zero-order chi connectivity index (χ0) is 16.2. The fraction of sp³-hybridized carbons (Fsp3) is 0.316. The van der Waals surface area contributed by atoms with Gasteiger partial charge in [-0.2, -0.15) is 0 Å². The molecule has 0 atom stereocenters. The van der Waals surface area contributed by atoms with Gasteiger partial charge in [-0.05, 0) is 67.6 Å². The van der Waals surface area contributed by atoms with Crippen molar-refractivity contribution in [3.05, 3.63) is 53.1 Å². The molecule has 0 fully saturated rings. The van der Waals surface area contributed by atoms with Gasteiger partial charge in [0.05, 0.1) is 13.7 Å². The highest BCUT2D eigenvalue weighted by atomic mass is 16.5. The lowest BCUT2D eigenvalue weighted by Gasteiger charge is -2.12. The SMILES string of the molecule is CCOc1cc(C(=O)Nc2ccc3c(c2)CCC3)ccc1OC. The van der Waals surface area contributed by atoms with Gasteiger partial charge in [-0.15, -0.1) is 0 Å². The van der Waals surface area contributed by atoms with Gasteiger partial charge >= 0.3 is 0 Å². The second-order valence-corrected chi connectivity index (χ2v) is 5.59. The minimum absolute atomic E-state index is 0.147. The lowest BCUT2D eigenvalue weighted by Crippen LogP contribution is -2.12. The molecule has 0 radical (unpaired) electrons. The van der Waals surface area contributed by atoms with E-state index >= 15 is 0 Å². The van der Waals surface area contributed by atoms with Crippen molar-refractivity contribution in [3.63, 3.8) is 0 Å². The summed E-state index contributed by atoms with van der Waals surface area (Å²) in [5, 5.41) is 2.96. The zero-order valence-electron chi connectivity index (χ0n) is 13.5. The number of hydrogen-bond acceptors (Lipinski definition) is 3. The number of fused-ring (bicyclic) bond motifs is 1. The molecule has 0 aromatic heterocycles. The Labute approximate surface area is 136 Å². The molecule has 120 valence electrons. The first kappa shape index (κ1) is 15.4. The molecule has 0 bridgehead atoms. The lowest BCUT2D eigenvalue weighted by molar-refractivity contribution is 0.102. The quantitative estimate of drug-likeness (QED) is 0.913. The van der Waals surface area contributed by atoms with Crippen LogP contribution in [0.25, 0.3) is 0 Å². The third kappa shape index (κ3) is 3.31. The van der Waals surface area contributed by atoms with E-state index in [-0.39, 0.29) is 5.91 Å². The maximum atomic E-state index is 12.5. The monoisotopic (exact) mass is 311 g/mol. The summed E-state index contributed by atoms with van der Waals surface area (Å²) in [6.07, 6.45) is 3.43. The highest BCUT2D eigenvalue weighted by molar-refractivity contribution is 6.04. The lowest BCUT2D eigenvalue weighted by atomic mass is 10.1. The van der Waals surface area contributed by atoms with E-state index in [4.69, 9.17) is 9.47 Å². The zero-order valence-corrected chi connectivity index (χ0v) is 13.5. The summed E-state index contributed by atoms with van der Waals surface area (Å²) < 4.78 is 10.8. The van der Waals surface area contributed by atoms with E-state index in [1.165, 1.54) is 17.5 Å². The molecule has 4 heteroatoms. The van der Waals surface area contributed by atoms with Gasteiger partial charge in [0.25, 0.3) is 5.91 Å². The molecule has 3 rings (SSSR count). The van der Waals surface area contributed by atoms with Crippen LogP contribution in [0.15, 0.2) is 36.4 Å². The molecule has 0 aliphatic heterocycles. The van der Waals surface area contributed by atoms with E-state index < -0.39 is 0 Å². The Morgan fingerprint density at radius 1 is 1.09 bits per heavy atom. The molecule has 1 aliphatic carbocycles. The van der Waals surface area contributed by atoms with Crippen LogP contribution in [0.3, 0.4) is 0 Å². The number of rotatable bonds is 5. The fourth-order valence-electron chi connectivity index (χ4n) is 2.94. The van der Waals surface area contributed by atoms with Gasteiger partial charge in [0.1, 0.15) is 0 Å². The third-order valence-electron chi connectivity index (χ3n) is 4.08. The van der Waals surface area contributed by atoms with E-state index in [1.807, 2.05) is 13.0 Å². The molecule has 2 aromatic carbocycles. The van der Waals surface area contributed by atoms with E-state index in [2.05, 4.69) is 17.4 Å². The summed E-state index contributed by atoms with van der Waals surface area (Å²) in [5.41, 5.74) is 4.12. The molecular formula is C19H21NO3. The molecule has 1 amide bonds. The highest BCUT2D eigenvalue weighted by Crippen LogP contribution is 2.29. The number of amides is 1. The van der Waals surface area contributed by atoms with E-state index in [1.54, 1.807) is 25.3 Å². The summed E-state index contributed by atoms with van der Waals surface area (Å²) in [7, 11) is 1.59. The summed E-state index contributed by atoms with van der Waals surface area (Å²) in [4.78, 5) is 12.5. The van der Waals surface area contributed by atoms with Gasteiger partial charge in [-0.25, -0.2) is 0 Å². The van der Waals surface area contributed by atoms with Crippen molar-refractivity contribution in [1.29, 1.82) is 0 Å². The Hall–Kier alpha value is -2.49. The molecule has 0 unspecified atom stereocenters. The molecule has 1 N–H and O–H groups in total. The molecule has 23 heavy (non-hydrogen) atoms. The van der Waals surface area contributed by atoms with Gasteiger partial charge in [-0.1, -0.05) is 6.07 Å². The van der Waals surface area contributed by atoms with Gasteiger partial charge in [-0.3, -0.25) is 4.79 Å². The molecule has 0 saturated heterocycles. The fourth-order valence-corrected chi connectivity index (χ4v) is 2.94. The average molecular weight is 311 g/mol. The molecule has 2 aromatic rings. The Kier molecular flexibility index (Phi) is 4.51. The Morgan fingerprint density at radius 2 is 1.91 bits per heavy atom. The van der Waals surface area contributed by atoms with Crippen molar-refractivity contribution in [2.45, 2.75) is 26.2 Å². The van der Waals surface area contributed by atoms with Crippen molar-refractivity contribution < 1.29 is 14.3 Å². The van der Waals surface area contributed by atoms with Crippen molar-refractivity contribution in [3.8, 4) is 11.5 Å². The van der Waals surface area contributed by atoms with E-state index in [0.717, 1.165) is 18.5 Å². The third-order valence-corrected chi connectivity index (χ3v) is 4.08. The predicted octanol–water partition coefficient (Wildman–Crippen LogP) is 3.83.